The van der Waals surface area contributed by atoms with Gasteiger partial charge >= 0.3 is 13.7 Å². The van der Waals surface area contributed by atoms with E-state index >= 15 is 0 Å². The Bertz CT molecular complexity index is 515. The average Bonchev–Trinajstić information content (AvgIpc) is 3.10. The van der Waals surface area contributed by atoms with E-state index in [2.05, 4.69) is 4.74 Å². The van der Waals surface area contributed by atoms with E-state index in [-0.39, 0.29) is 22.6 Å². The maximum Gasteiger partial charge on any atom is 0.488 e. The molecule has 0 saturated heterocycles. The van der Waals surface area contributed by atoms with Crippen LogP contribution in [0.1, 0.15) is 35.2 Å². The molecule has 4 nitrogen and oxygen atoms in total. The van der Waals surface area contributed by atoms with Gasteiger partial charge < -0.3 is 14.8 Å². The molecule has 0 atom stereocenters. The third-order valence-corrected chi connectivity index (χ3v) is 3.29. The Hall–Kier alpha value is -1.47. The summed E-state index contributed by atoms with van der Waals surface area (Å²) in [5, 5.41) is 18.2. The standard InChI is InChI=1S/C13H15BF2O4/c1-7-4-9(14(18)19)6-11(20-13(15)16)12(7)10(17)5-8-2-3-8/h4,6,8,13,18-19H,2-3,5H2,1H3. The molecular formula is C13H15BF2O4. The van der Waals surface area contributed by atoms with E-state index in [4.69, 9.17) is 10.0 Å². The summed E-state index contributed by atoms with van der Waals surface area (Å²) >= 11 is 0. The monoisotopic (exact) mass is 284 g/mol. The van der Waals surface area contributed by atoms with Crippen LogP contribution in [-0.2, 0) is 0 Å². The number of hydrogen-bond donors (Lipinski definition) is 2. The number of Topliss-reactive ketones (excluding diaryl/α,β-unsaturated/α-hetero) is 1. The van der Waals surface area contributed by atoms with Crippen molar-refractivity contribution in [1.29, 1.82) is 0 Å². The van der Waals surface area contributed by atoms with Crippen LogP contribution in [-0.4, -0.2) is 29.6 Å². The molecule has 1 aromatic rings. The van der Waals surface area contributed by atoms with Crippen LogP contribution in [0.4, 0.5) is 8.78 Å². The quantitative estimate of drug-likeness (QED) is 0.609. The molecule has 20 heavy (non-hydrogen) atoms. The second-order valence-corrected chi connectivity index (χ2v) is 5.03. The number of benzene rings is 1. The number of ketones is 1. The topological polar surface area (TPSA) is 66.8 Å². The van der Waals surface area contributed by atoms with E-state index in [9.17, 15) is 13.6 Å². The summed E-state index contributed by atoms with van der Waals surface area (Å²) in [4.78, 5) is 12.1. The lowest BCUT2D eigenvalue weighted by atomic mass is 9.78. The van der Waals surface area contributed by atoms with Crippen LogP contribution in [0.2, 0.25) is 0 Å². The summed E-state index contributed by atoms with van der Waals surface area (Å²) in [6.45, 7) is -1.52. The second kappa shape index (κ2) is 5.89. The highest BCUT2D eigenvalue weighted by Crippen LogP contribution is 2.35. The van der Waals surface area contributed by atoms with Crippen molar-refractivity contribution in [2.45, 2.75) is 32.8 Å². The molecule has 2 rings (SSSR count). The van der Waals surface area contributed by atoms with Crippen LogP contribution in [0, 0.1) is 12.8 Å². The third kappa shape index (κ3) is 3.55. The van der Waals surface area contributed by atoms with Gasteiger partial charge in [-0.15, -0.1) is 0 Å². The number of aryl methyl sites for hydroxylation is 1. The van der Waals surface area contributed by atoms with Crippen LogP contribution < -0.4 is 10.2 Å². The fourth-order valence-corrected chi connectivity index (χ4v) is 2.16. The lowest BCUT2D eigenvalue weighted by Crippen LogP contribution is -2.31. The van der Waals surface area contributed by atoms with E-state index in [0.717, 1.165) is 18.9 Å². The van der Waals surface area contributed by atoms with Gasteiger partial charge in [-0.1, -0.05) is 6.07 Å². The van der Waals surface area contributed by atoms with Gasteiger partial charge in [0, 0.05) is 6.42 Å². The predicted octanol–water partition coefficient (Wildman–Crippen LogP) is 1.26. The molecule has 1 aliphatic carbocycles. The first-order valence-corrected chi connectivity index (χ1v) is 6.37. The van der Waals surface area contributed by atoms with Crippen LogP contribution >= 0.6 is 0 Å². The molecule has 0 aliphatic heterocycles. The molecule has 0 amide bonds. The van der Waals surface area contributed by atoms with Gasteiger partial charge in [-0.05, 0) is 42.8 Å². The summed E-state index contributed by atoms with van der Waals surface area (Å²) in [7, 11) is -1.80. The van der Waals surface area contributed by atoms with Gasteiger partial charge in [0.1, 0.15) is 5.75 Å². The lowest BCUT2D eigenvalue weighted by molar-refractivity contribution is -0.0501. The smallest absolute Gasteiger partial charge is 0.434 e. The van der Waals surface area contributed by atoms with Gasteiger partial charge in [0.25, 0.3) is 0 Å². The summed E-state index contributed by atoms with van der Waals surface area (Å²) in [5.41, 5.74) is 0.514. The minimum atomic E-state index is -3.08. The zero-order chi connectivity index (χ0) is 14.9. The molecule has 1 fully saturated rings. The highest BCUT2D eigenvalue weighted by Gasteiger charge is 2.28. The van der Waals surface area contributed by atoms with Gasteiger partial charge in [-0.2, -0.15) is 8.78 Å². The SMILES string of the molecule is Cc1cc(B(O)O)cc(OC(F)F)c1C(=O)CC1CC1. The van der Waals surface area contributed by atoms with Crippen molar-refractivity contribution in [2.75, 3.05) is 0 Å². The summed E-state index contributed by atoms with van der Waals surface area (Å²) in [6.07, 6.45) is 2.26. The van der Waals surface area contributed by atoms with E-state index in [1.807, 2.05) is 0 Å². The van der Waals surface area contributed by atoms with Crippen LogP contribution in [0.15, 0.2) is 12.1 Å². The highest BCUT2D eigenvalue weighted by molar-refractivity contribution is 6.58. The molecule has 0 aromatic heterocycles. The Balaban J connectivity index is 2.38. The van der Waals surface area contributed by atoms with Crippen molar-refractivity contribution >= 4 is 18.4 Å². The maximum absolute atomic E-state index is 12.4. The number of ether oxygens (including phenoxy) is 1. The average molecular weight is 284 g/mol. The largest absolute Gasteiger partial charge is 0.488 e. The molecule has 1 aliphatic rings. The number of rotatable bonds is 6. The van der Waals surface area contributed by atoms with E-state index in [1.165, 1.54) is 6.07 Å². The van der Waals surface area contributed by atoms with Crippen LogP contribution in [0.5, 0.6) is 5.75 Å². The zero-order valence-electron chi connectivity index (χ0n) is 11.0. The lowest BCUT2D eigenvalue weighted by Gasteiger charge is -2.14. The maximum atomic E-state index is 12.4. The molecule has 0 spiro atoms. The molecule has 1 saturated carbocycles. The number of hydrogen-bond acceptors (Lipinski definition) is 4. The molecular weight excluding hydrogens is 269 g/mol. The van der Waals surface area contributed by atoms with Crippen LogP contribution in [0.3, 0.4) is 0 Å². The Morgan fingerprint density at radius 1 is 1.45 bits per heavy atom. The molecule has 0 unspecified atom stereocenters. The minimum Gasteiger partial charge on any atom is -0.434 e. The molecule has 0 bridgehead atoms. The Labute approximate surface area is 115 Å². The van der Waals surface area contributed by atoms with Gasteiger partial charge in [-0.25, -0.2) is 0 Å². The fourth-order valence-electron chi connectivity index (χ4n) is 2.16. The van der Waals surface area contributed by atoms with Crippen molar-refractivity contribution < 1.29 is 28.4 Å². The summed E-state index contributed by atoms with van der Waals surface area (Å²) < 4.78 is 29.3. The first kappa shape index (κ1) is 14.9. The molecule has 2 N–H and O–H groups in total. The van der Waals surface area contributed by atoms with Crippen molar-refractivity contribution in [2.24, 2.45) is 5.92 Å². The molecule has 0 heterocycles. The van der Waals surface area contributed by atoms with Gasteiger partial charge in [0.15, 0.2) is 5.78 Å². The molecule has 1 aromatic carbocycles. The predicted molar refractivity (Wildman–Crippen MR) is 69.3 cm³/mol. The van der Waals surface area contributed by atoms with Crippen molar-refractivity contribution in [1.82, 2.24) is 0 Å². The van der Waals surface area contributed by atoms with Gasteiger partial charge in [0.2, 0.25) is 0 Å². The van der Waals surface area contributed by atoms with Crippen molar-refractivity contribution in [3.63, 3.8) is 0 Å². The van der Waals surface area contributed by atoms with Crippen molar-refractivity contribution in [3.05, 3.63) is 23.3 Å². The molecule has 108 valence electrons. The summed E-state index contributed by atoms with van der Waals surface area (Å²) in [6, 6.07) is 2.47. The van der Waals surface area contributed by atoms with E-state index < -0.39 is 13.7 Å². The first-order chi connectivity index (χ1) is 9.38. The number of halogens is 2. The minimum absolute atomic E-state index is 0.0149. The van der Waals surface area contributed by atoms with Gasteiger partial charge in [0.05, 0.1) is 5.56 Å². The number of alkyl halides is 2. The number of carbonyl (C=O) groups excluding carboxylic acids is 1. The Kier molecular flexibility index (Phi) is 4.40. The van der Waals surface area contributed by atoms with Crippen LogP contribution in [0.25, 0.3) is 0 Å². The van der Waals surface area contributed by atoms with E-state index in [1.54, 1.807) is 6.92 Å². The van der Waals surface area contributed by atoms with Crippen molar-refractivity contribution in [3.8, 4) is 5.75 Å². The highest BCUT2D eigenvalue weighted by atomic mass is 19.3. The fraction of sp³-hybridized carbons (Fsp3) is 0.462. The second-order valence-electron chi connectivity index (χ2n) is 5.03. The Morgan fingerprint density at radius 3 is 2.60 bits per heavy atom. The Morgan fingerprint density at radius 2 is 2.10 bits per heavy atom. The van der Waals surface area contributed by atoms with Gasteiger partial charge in [-0.3, -0.25) is 4.79 Å². The number of carbonyl (C=O) groups is 1. The molecule has 7 heteroatoms. The van der Waals surface area contributed by atoms with E-state index in [0.29, 0.717) is 17.9 Å². The normalized spacial score (nSPS) is 14.5. The molecule has 0 radical (unpaired) electrons. The summed E-state index contributed by atoms with van der Waals surface area (Å²) in [5.74, 6) is -0.224. The first-order valence-electron chi connectivity index (χ1n) is 6.37. The zero-order valence-corrected chi connectivity index (χ0v) is 11.0. The third-order valence-electron chi connectivity index (χ3n) is 3.29.